The standard InChI is InChI=1S/C20H25N3O4.ClH/c1-13(21)12-18(14-4-8-16(9-5-14)22-19(24)26-2)15-6-10-17(11-7-15)23-20(25)27-3;/h4-11,13,18H,12,21H2,1-3H3,(H,22,24)(H,23,25);1H. The molecule has 0 radical (unpaired) electrons. The molecule has 2 rings (SSSR count). The van der Waals surface area contributed by atoms with Crippen molar-refractivity contribution in [2.24, 2.45) is 5.73 Å². The highest BCUT2D eigenvalue weighted by molar-refractivity contribution is 5.85. The van der Waals surface area contributed by atoms with Crippen molar-refractivity contribution >= 4 is 36.0 Å². The van der Waals surface area contributed by atoms with Gasteiger partial charge in [-0.1, -0.05) is 24.3 Å². The first-order valence-corrected chi connectivity index (χ1v) is 8.58. The van der Waals surface area contributed by atoms with Crippen molar-refractivity contribution in [1.29, 1.82) is 0 Å². The highest BCUT2D eigenvalue weighted by Crippen LogP contribution is 2.30. The molecular formula is C20H26ClN3O4. The van der Waals surface area contributed by atoms with Crippen LogP contribution in [0.4, 0.5) is 21.0 Å². The zero-order valence-corrected chi connectivity index (χ0v) is 16.9. The van der Waals surface area contributed by atoms with E-state index < -0.39 is 12.2 Å². The summed E-state index contributed by atoms with van der Waals surface area (Å²) in [4.78, 5) is 22.6. The molecule has 7 nitrogen and oxygen atoms in total. The number of carbonyl (C=O) groups is 2. The Morgan fingerprint density at radius 3 is 1.50 bits per heavy atom. The van der Waals surface area contributed by atoms with E-state index >= 15 is 0 Å². The van der Waals surface area contributed by atoms with Gasteiger partial charge in [0, 0.05) is 23.3 Å². The van der Waals surface area contributed by atoms with Crippen LogP contribution < -0.4 is 16.4 Å². The van der Waals surface area contributed by atoms with Crippen LogP contribution in [0.1, 0.15) is 30.4 Å². The minimum absolute atomic E-state index is 0. The van der Waals surface area contributed by atoms with E-state index in [1.807, 2.05) is 55.5 Å². The molecule has 2 aromatic carbocycles. The van der Waals surface area contributed by atoms with E-state index in [1.165, 1.54) is 14.2 Å². The summed E-state index contributed by atoms with van der Waals surface area (Å²) in [6.45, 7) is 1.97. The average Bonchev–Trinajstić information content (AvgIpc) is 2.67. The number of hydrogen-bond donors (Lipinski definition) is 3. The molecule has 0 heterocycles. The molecule has 0 aliphatic carbocycles. The Bertz CT molecular complexity index is 703. The number of methoxy groups -OCH3 is 2. The van der Waals surface area contributed by atoms with E-state index in [2.05, 4.69) is 20.1 Å². The van der Waals surface area contributed by atoms with Crippen LogP contribution in [0.15, 0.2) is 48.5 Å². The Hall–Kier alpha value is -2.77. The number of ether oxygens (including phenoxy) is 2. The third-order valence-electron chi connectivity index (χ3n) is 4.10. The summed E-state index contributed by atoms with van der Waals surface area (Å²) in [5, 5.41) is 5.26. The number of nitrogens with two attached hydrogens (primary N) is 1. The first-order chi connectivity index (χ1) is 12.9. The highest BCUT2D eigenvalue weighted by atomic mass is 35.5. The number of anilines is 2. The lowest BCUT2D eigenvalue weighted by molar-refractivity contribution is 0.186. The number of rotatable bonds is 6. The number of nitrogens with one attached hydrogen (secondary N) is 2. The highest BCUT2D eigenvalue weighted by Gasteiger charge is 2.17. The second-order valence-corrected chi connectivity index (χ2v) is 6.24. The molecule has 152 valence electrons. The third kappa shape index (κ3) is 6.75. The normalized spacial score (nSPS) is 11.2. The van der Waals surface area contributed by atoms with Gasteiger partial charge in [-0.25, -0.2) is 9.59 Å². The Labute approximate surface area is 171 Å². The van der Waals surface area contributed by atoms with Crippen LogP contribution in [0, 0.1) is 0 Å². The van der Waals surface area contributed by atoms with Gasteiger partial charge in [0.15, 0.2) is 0 Å². The van der Waals surface area contributed by atoms with Gasteiger partial charge < -0.3 is 15.2 Å². The van der Waals surface area contributed by atoms with E-state index in [1.54, 1.807) is 0 Å². The van der Waals surface area contributed by atoms with E-state index in [0.717, 1.165) is 17.5 Å². The summed E-state index contributed by atoms with van der Waals surface area (Å²) in [6, 6.07) is 15.1. The van der Waals surface area contributed by atoms with Crippen LogP contribution in [0.2, 0.25) is 0 Å². The SMILES string of the molecule is COC(=O)Nc1ccc(C(CC(C)N)c2ccc(NC(=O)OC)cc2)cc1.Cl. The molecule has 0 aliphatic rings. The predicted octanol–water partition coefficient (Wildman–Crippen LogP) is 4.33. The minimum Gasteiger partial charge on any atom is -0.453 e. The fourth-order valence-electron chi connectivity index (χ4n) is 2.77. The Balaban J connectivity index is 0.00000392. The number of halogens is 1. The lowest BCUT2D eigenvalue weighted by atomic mass is 9.86. The quantitative estimate of drug-likeness (QED) is 0.661. The monoisotopic (exact) mass is 407 g/mol. The summed E-state index contributed by atoms with van der Waals surface area (Å²) >= 11 is 0. The zero-order chi connectivity index (χ0) is 19.8. The minimum atomic E-state index is -0.511. The zero-order valence-electron chi connectivity index (χ0n) is 16.1. The Morgan fingerprint density at radius 1 is 0.857 bits per heavy atom. The molecule has 0 saturated heterocycles. The first kappa shape index (κ1) is 23.3. The fourth-order valence-corrected chi connectivity index (χ4v) is 2.77. The van der Waals surface area contributed by atoms with Gasteiger partial charge in [-0.15, -0.1) is 12.4 Å². The van der Waals surface area contributed by atoms with Crippen LogP contribution in [-0.2, 0) is 9.47 Å². The molecule has 0 aromatic heterocycles. The molecule has 0 spiro atoms. The van der Waals surface area contributed by atoms with Gasteiger partial charge in [0.1, 0.15) is 0 Å². The summed E-state index contributed by atoms with van der Waals surface area (Å²) in [6.07, 6.45) is -0.264. The second-order valence-electron chi connectivity index (χ2n) is 6.24. The van der Waals surface area contributed by atoms with E-state index in [0.29, 0.717) is 11.4 Å². The largest absolute Gasteiger partial charge is 0.453 e. The Kier molecular flexibility index (Phi) is 9.27. The molecule has 8 heteroatoms. The van der Waals surface area contributed by atoms with Gasteiger partial charge in [-0.2, -0.15) is 0 Å². The van der Waals surface area contributed by atoms with Gasteiger partial charge in [0.2, 0.25) is 0 Å². The summed E-state index contributed by atoms with van der Waals surface area (Å²) < 4.78 is 9.19. The molecule has 0 aliphatic heterocycles. The average molecular weight is 408 g/mol. The van der Waals surface area contributed by atoms with Crippen molar-refractivity contribution in [3.05, 3.63) is 59.7 Å². The molecule has 0 fully saturated rings. The number of hydrogen-bond acceptors (Lipinski definition) is 5. The van der Waals surface area contributed by atoms with E-state index in [9.17, 15) is 9.59 Å². The van der Waals surface area contributed by atoms with Gasteiger partial charge in [0.25, 0.3) is 0 Å². The van der Waals surface area contributed by atoms with Crippen molar-refractivity contribution in [2.45, 2.75) is 25.3 Å². The van der Waals surface area contributed by atoms with Crippen molar-refractivity contribution in [3.8, 4) is 0 Å². The predicted molar refractivity (Wildman–Crippen MR) is 112 cm³/mol. The Morgan fingerprint density at radius 2 is 1.21 bits per heavy atom. The van der Waals surface area contributed by atoms with E-state index in [-0.39, 0.29) is 24.4 Å². The molecule has 2 amide bonds. The molecule has 1 atom stereocenters. The van der Waals surface area contributed by atoms with Crippen molar-refractivity contribution in [3.63, 3.8) is 0 Å². The third-order valence-corrected chi connectivity index (χ3v) is 4.10. The molecule has 28 heavy (non-hydrogen) atoms. The van der Waals surface area contributed by atoms with Gasteiger partial charge >= 0.3 is 12.2 Å². The maximum atomic E-state index is 11.3. The lowest BCUT2D eigenvalue weighted by Gasteiger charge is -2.21. The molecule has 0 saturated carbocycles. The van der Waals surface area contributed by atoms with Crippen LogP contribution in [0.5, 0.6) is 0 Å². The number of benzene rings is 2. The van der Waals surface area contributed by atoms with Crippen LogP contribution in [0.3, 0.4) is 0 Å². The topological polar surface area (TPSA) is 103 Å². The molecule has 0 bridgehead atoms. The van der Waals surface area contributed by atoms with E-state index in [4.69, 9.17) is 5.73 Å². The second kappa shape index (κ2) is 11.2. The maximum absolute atomic E-state index is 11.3. The summed E-state index contributed by atoms with van der Waals surface area (Å²) in [5.74, 6) is 0.0874. The van der Waals surface area contributed by atoms with Gasteiger partial charge in [-0.05, 0) is 48.7 Å². The fraction of sp³-hybridized carbons (Fsp3) is 0.300. The maximum Gasteiger partial charge on any atom is 0.411 e. The molecule has 2 aromatic rings. The van der Waals surface area contributed by atoms with Gasteiger partial charge in [-0.3, -0.25) is 10.6 Å². The molecular weight excluding hydrogens is 382 g/mol. The van der Waals surface area contributed by atoms with Crippen LogP contribution >= 0.6 is 12.4 Å². The summed E-state index contributed by atoms with van der Waals surface area (Å²) in [5.41, 5.74) is 9.52. The van der Waals surface area contributed by atoms with Gasteiger partial charge in [0.05, 0.1) is 14.2 Å². The molecule has 1 unspecified atom stereocenters. The number of carbonyl (C=O) groups excluding carboxylic acids is 2. The first-order valence-electron chi connectivity index (χ1n) is 8.58. The van der Waals surface area contributed by atoms with Crippen molar-refractivity contribution in [2.75, 3.05) is 24.9 Å². The number of amides is 2. The molecule has 4 N–H and O–H groups in total. The van der Waals surface area contributed by atoms with Crippen LogP contribution in [0.25, 0.3) is 0 Å². The van der Waals surface area contributed by atoms with Crippen LogP contribution in [-0.4, -0.2) is 32.4 Å². The lowest BCUT2D eigenvalue weighted by Crippen LogP contribution is -2.19. The van der Waals surface area contributed by atoms with Crippen molar-refractivity contribution in [1.82, 2.24) is 0 Å². The van der Waals surface area contributed by atoms with Crippen molar-refractivity contribution < 1.29 is 19.1 Å². The smallest absolute Gasteiger partial charge is 0.411 e. The summed E-state index contributed by atoms with van der Waals surface area (Å²) in [7, 11) is 2.64.